The molecule has 0 aliphatic carbocycles. The molecule has 156 valence electrons. The molecule has 1 aliphatic heterocycles. The minimum atomic E-state index is -0.0730. The van der Waals surface area contributed by atoms with Crippen LogP contribution in [0.4, 0.5) is 0 Å². The van der Waals surface area contributed by atoms with E-state index in [0.717, 1.165) is 57.0 Å². The molecule has 1 aliphatic rings. The molecule has 1 aromatic carbocycles. The standard InChI is InChI=1S/C20H31N5O2.HI/c1-3-22-20(23-11-6-14-25-13-5-9-18(25)26)24-12-10-16-7-4-8-17(15-16)19(27)21-2;/h4,7-8,15H,3,5-6,9-14H2,1-2H3,(H,21,27)(H2,22,23,24);1H. The Morgan fingerprint density at radius 1 is 1.29 bits per heavy atom. The molecule has 0 radical (unpaired) electrons. The quantitative estimate of drug-likeness (QED) is 0.209. The second kappa shape index (κ2) is 13.4. The van der Waals surface area contributed by atoms with Crippen LogP contribution in [-0.2, 0) is 11.2 Å². The molecule has 28 heavy (non-hydrogen) atoms. The van der Waals surface area contributed by atoms with Crippen LogP contribution < -0.4 is 16.0 Å². The number of nitrogens with zero attached hydrogens (tertiary/aromatic N) is 2. The van der Waals surface area contributed by atoms with E-state index in [1.165, 1.54) is 0 Å². The minimum Gasteiger partial charge on any atom is -0.357 e. The van der Waals surface area contributed by atoms with E-state index < -0.39 is 0 Å². The first-order valence-electron chi connectivity index (χ1n) is 9.75. The number of amides is 2. The van der Waals surface area contributed by atoms with Gasteiger partial charge in [0.15, 0.2) is 5.96 Å². The van der Waals surface area contributed by atoms with Crippen molar-refractivity contribution in [2.75, 3.05) is 39.8 Å². The van der Waals surface area contributed by atoms with Gasteiger partial charge in [0.25, 0.3) is 5.91 Å². The summed E-state index contributed by atoms with van der Waals surface area (Å²) < 4.78 is 0. The van der Waals surface area contributed by atoms with Gasteiger partial charge >= 0.3 is 0 Å². The summed E-state index contributed by atoms with van der Waals surface area (Å²) >= 11 is 0. The molecular formula is C20H32IN5O2. The number of nitrogens with one attached hydrogen (secondary N) is 3. The monoisotopic (exact) mass is 501 g/mol. The normalized spacial score (nSPS) is 13.9. The lowest BCUT2D eigenvalue weighted by Gasteiger charge is -2.15. The molecule has 7 nitrogen and oxygen atoms in total. The summed E-state index contributed by atoms with van der Waals surface area (Å²) in [6.45, 7) is 5.92. The number of carbonyl (C=O) groups excluding carboxylic acids is 2. The lowest BCUT2D eigenvalue weighted by atomic mass is 10.1. The molecule has 0 bridgehead atoms. The fourth-order valence-corrected chi connectivity index (χ4v) is 3.07. The van der Waals surface area contributed by atoms with Gasteiger partial charge in [-0.1, -0.05) is 12.1 Å². The molecular weight excluding hydrogens is 469 g/mol. The molecule has 0 aromatic heterocycles. The summed E-state index contributed by atoms with van der Waals surface area (Å²) in [6, 6.07) is 7.65. The molecule has 1 fully saturated rings. The molecule has 0 atom stereocenters. The molecule has 2 amide bonds. The second-order valence-corrected chi connectivity index (χ2v) is 6.55. The zero-order chi connectivity index (χ0) is 19.5. The van der Waals surface area contributed by atoms with Crippen molar-refractivity contribution in [2.24, 2.45) is 4.99 Å². The third-order valence-corrected chi connectivity index (χ3v) is 4.49. The number of hydrogen-bond donors (Lipinski definition) is 3. The zero-order valence-corrected chi connectivity index (χ0v) is 19.1. The number of hydrogen-bond acceptors (Lipinski definition) is 3. The van der Waals surface area contributed by atoms with Crippen LogP contribution in [0.5, 0.6) is 0 Å². The molecule has 0 saturated carbocycles. The van der Waals surface area contributed by atoms with Gasteiger partial charge in [0.2, 0.25) is 5.91 Å². The Morgan fingerprint density at radius 3 is 2.79 bits per heavy atom. The van der Waals surface area contributed by atoms with Crippen LogP contribution in [0.3, 0.4) is 0 Å². The third kappa shape index (κ3) is 8.04. The van der Waals surface area contributed by atoms with E-state index in [1.807, 2.05) is 36.1 Å². The summed E-state index contributed by atoms with van der Waals surface area (Å²) in [7, 11) is 1.63. The molecule has 8 heteroatoms. The number of rotatable bonds is 9. The first-order chi connectivity index (χ1) is 13.1. The largest absolute Gasteiger partial charge is 0.357 e. The van der Waals surface area contributed by atoms with Gasteiger partial charge < -0.3 is 20.9 Å². The van der Waals surface area contributed by atoms with E-state index in [9.17, 15) is 9.59 Å². The molecule has 0 spiro atoms. The summed E-state index contributed by atoms with van der Waals surface area (Å²) in [5, 5.41) is 9.21. The van der Waals surface area contributed by atoms with Crippen molar-refractivity contribution in [3.05, 3.63) is 35.4 Å². The summed E-state index contributed by atoms with van der Waals surface area (Å²) in [5.41, 5.74) is 1.78. The van der Waals surface area contributed by atoms with E-state index in [-0.39, 0.29) is 35.8 Å². The maximum absolute atomic E-state index is 11.7. The number of carbonyl (C=O) groups is 2. The van der Waals surface area contributed by atoms with Gasteiger partial charge in [-0.05, 0) is 43.9 Å². The number of halogens is 1. The highest BCUT2D eigenvalue weighted by Crippen LogP contribution is 2.09. The molecule has 0 unspecified atom stereocenters. The van der Waals surface area contributed by atoms with E-state index in [2.05, 4.69) is 20.9 Å². The fraction of sp³-hybridized carbons (Fsp3) is 0.550. The lowest BCUT2D eigenvalue weighted by molar-refractivity contribution is -0.127. The van der Waals surface area contributed by atoms with Gasteiger partial charge in [-0.3, -0.25) is 14.6 Å². The predicted molar refractivity (Wildman–Crippen MR) is 123 cm³/mol. The van der Waals surface area contributed by atoms with Crippen molar-refractivity contribution in [3.63, 3.8) is 0 Å². The van der Waals surface area contributed by atoms with Crippen LogP contribution in [0, 0.1) is 0 Å². The van der Waals surface area contributed by atoms with Crippen LogP contribution in [0.25, 0.3) is 0 Å². The van der Waals surface area contributed by atoms with Crippen LogP contribution in [0.2, 0.25) is 0 Å². The van der Waals surface area contributed by atoms with Gasteiger partial charge in [0.05, 0.1) is 0 Å². The van der Waals surface area contributed by atoms with Gasteiger partial charge in [-0.15, -0.1) is 24.0 Å². The highest BCUT2D eigenvalue weighted by atomic mass is 127. The van der Waals surface area contributed by atoms with Crippen LogP contribution >= 0.6 is 24.0 Å². The summed E-state index contributed by atoms with van der Waals surface area (Å²) in [4.78, 5) is 29.8. The zero-order valence-electron chi connectivity index (χ0n) is 16.8. The number of aliphatic imine (C=N–C) groups is 1. The maximum Gasteiger partial charge on any atom is 0.251 e. The Labute approximate surface area is 184 Å². The Bertz CT molecular complexity index is 666. The van der Waals surface area contributed by atoms with Crippen molar-refractivity contribution in [3.8, 4) is 0 Å². The Balaban J connectivity index is 0.00000392. The Kier molecular flexibility index (Phi) is 11.5. The van der Waals surface area contributed by atoms with Crippen LogP contribution in [-0.4, -0.2) is 62.4 Å². The van der Waals surface area contributed by atoms with E-state index in [0.29, 0.717) is 18.5 Å². The van der Waals surface area contributed by atoms with Crippen molar-refractivity contribution in [1.82, 2.24) is 20.9 Å². The first kappa shape index (κ1) is 24.2. The van der Waals surface area contributed by atoms with Gasteiger partial charge in [-0.2, -0.15) is 0 Å². The van der Waals surface area contributed by atoms with Crippen molar-refractivity contribution >= 4 is 41.8 Å². The third-order valence-electron chi connectivity index (χ3n) is 4.49. The number of likely N-dealkylation sites (tertiary alicyclic amines) is 1. The molecule has 1 aromatic rings. The molecule has 1 saturated heterocycles. The first-order valence-corrected chi connectivity index (χ1v) is 9.75. The topological polar surface area (TPSA) is 85.8 Å². The summed E-state index contributed by atoms with van der Waals surface area (Å²) in [5.74, 6) is 0.979. The van der Waals surface area contributed by atoms with Crippen LogP contribution in [0.1, 0.15) is 42.1 Å². The number of guanidine groups is 1. The van der Waals surface area contributed by atoms with Crippen molar-refractivity contribution in [2.45, 2.75) is 32.6 Å². The fourth-order valence-electron chi connectivity index (χ4n) is 3.07. The van der Waals surface area contributed by atoms with Crippen LogP contribution in [0.15, 0.2) is 29.3 Å². The lowest BCUT2D eigenvalue weighted by Crippen LogP contribution is -2.38. The predicted octanol–water partition coefficient (Wildman–Crippen LogP) is 1.77. The Morgan fingerprint density at radius 2 is 2.11 bits per heavy atom. The summed E-state index contributed by atoms with van der Waals surface area (Å²) in [6.07, 6.45) is 3.34. The Hall–Kier alpha value is -1.84. The molecule has 1 heterocycles. The average molecular weight is 501 g/mol. The van der Waals surface area contributed by atoms with E-state index in [4.69, 9.17) is 0 Å². The second-order valence-electron chi connectivity index (χ2n) is 6.55. The van der Waals surface area contributed by atoms with Gasteiger partial charge in [0.1, 0.15) is 0 Å². The molecule has 2 rings (SSSR count). The van der Waals surface area contributed by atoms with E-state index in [1.54, 1.807) is 7.05 Å². The molecule has 3 N–H and O–H groups in total. The highest BCUT2D eigenvalue weighted by molar-refractivity contribution is 14.0. The van der Waals surface area contributed by atoms with Gasteiger partial charge in [0, 0.05) is 51.8 Å². The SMILES string of the molecule is CCNC(=NCCCN1CCCC1=O)NCCc1cccc(C(=O)NC)c1.I. The van der Waals surface area contributed by atoms with Crippen molar-refractivity contribution in [1.29, 1.82) is 0 Å². The minimum absolute atomic E-state index is 0. The number of benzene rings is 1. The van der Waals surface area contributed by atoms with Crippen molar-refractivity contribution < 1.29 is 9.59 Å². The highest BCUT2D eigenvalue weighted by Gasteiger charge is 2.18. The average Bonchev–Trinajstić information content (AvgIpc) is 3.09. The maximum atomic E-state index is 11.7. The van der Waals surface area contributed by atoms with Gasteiger partial charge in [-0.25, -0.2) is 0 Å². The van der Waals surface area contributed by atoms with E-state index >= 15 is 0 Å². The smallest absolute Gasteiger partial charge is 0.251 e.